The van der Waals surface area contributed by atoms with Gasteiger partial charge in [-0.1, -0.05) is 25.1 Å². The highest BCUT2D eigenvalue weighted by Gasteiger charge is 2.49. The maximum absolute atomic E-state index is 12.7. The van der Waals surface area contributed by atoms with E-state index in [-0.39, 0.29) is 23.9 Å². The molecule has 2 heterocycles. The van der Waals surface area contributed by atoms with Crippen molar-refractivity contribution in [1.82, 2.24) is 20.1 Å². The minimum absolute atomic E-state index is 0.125. The third-order valence-corrected chi connectivity index (χ3v) is 6.41. The van der Waals surface area contributed by atoms with Gasteiger partial charge in [-0.2, -0.15) is 0 Å². The van der Waals surface area contributed by atoms with Crippen LogP contribution in [0.5, 0.6) is 0 Å². The number of likely N-dealkylation sites (tertiary alicyclic amines) is 1. The molecule has 2 aliphatic heterocycles. The standard InChI is InChI=1S/C20H35N5O4S/c1-8-9-15(23(6)7)16(27)21-17-22-25(14(2)26)20(30-17)10-12-24(13-11-20)18(28)29-19(3,4)5/h15H,8-13H2,1-7H3,(H,21,22,27)/t15-/m1/s1. The largest absolute Gasteiger partial charge is 0.444 e. The molecule has 0 unspecified atom stereocenters. The normalized spacial score (nSPS) is 19.7. The number of carbonyl (C=O) groups excluding carboxylic acids is 3. The predicted octanol–water partition coefficient (Wildman–Crippen LogP) is 2.43. The summed E-state index contributed by atoms with van der Waals surface area (Å²) in [6.07, 6.45) is 2.37. The number of rotatable bonds is 4. The molecule has 0 aliphatic carbocycles. The second kappa shape index (κ2) is 9.55. The molecule has 0 bridgehead atoms. The highest BCUT2D eigenvalue weighted by atomic mass is 32.2. The molecule has 2 rings (SSSR count). The van der Waals surface area contributed by atoms with Crippen molar-refractivity contribution in [3.05, 3.63) is 0 Å². The second-order valence-electron chi connectivity index (χ2n) is 9.01. The SMILES string of the molecule is CCC[C@H](C(=O)NC1=NN(C(C)=O)C2(CCN(C(=O)OC(C)(C)C)CC2)S1)N(C)C. The van der Waals surface area contributed by atoms with Crippen LogP contribution in [0.25, 0.3) is 0 Å². The summed E-state index contributed by atoms with van der Waals surface area (Å²) in [5.41, 5.74) is -0.554. The zero-order valence-electron chi connectivity index (χ0n) is 19.2. The molecular weight excluding hydrogens is 406 g/mol. The van der Waals surface area contributed by atoms with E-state index in [9.17, 15) is 14.4 Å². The molecule has 30 heavy (non-hydrogen) atoms. The van der Waals surface area contributed by atoms with Gasteiger partial charge >= 0.3 is 6.09 Å². The molecule has 0 radical (unpaired) electrons. The summed E-state index contributed by atoms with van der Waals surface area (Å²) in [6.45, 7) is 9.93. The number of hydrazone groups is 1. The lowest BCUT2D eigenvalue weighted by molar-refractivity contribution is -0.133. The van der Waals surface area contributed by atoms with Crippen LogP contribution in [0, 0.1) is 0 Å². The van der Waals surface area contributed by atoms with E-state index in [1.54, 1.807) is 4.90 Å². The molecule has 3 amide bonds. The number of amides is 3. The topological polar surface area (TPSA) is 94.6 Å². The fraction of sp³-hybridized carbons (Fsp3) is 0.800. The smallest absolute Gasteiger partial charge is 0.410 e. The number of likely N-dealkylation sites (N-methyl/N-ethyl adjacent to an activating group) is 1. The first-order valence-corrected chi connectivity index (χ1v) is 11.2. The Morgan fingerprint density at radius 1 is 1.27 bits per heavy atom. The zero-order valence-corrected chi connectivity index (χ0v) is 20.0. The van der Waals surface area contributed by atoms with Crippen LogP contribution in [-0.4, -0.2) is 81.6 Å². The van der Waals surface area contributed by atoms with Crippen LogP contribution in [0.1, 0.15) is 60.3 Å². The highest BCUT2D eigenvalue weighted by molar-refractivity contribution is 8.15. The van der Waals surface area contributed by atoms with Crippen molar-refractivity contribution in [2.45, 2.75) is 76.8 Å². The summed E-state index contributed by atoms with van der Waals surface area (Å²) in [6, 6.07) is -0.255. The van der Waals surface area contributed by atoms with Gasteiger partial charge in [0.05, 0.1) is 6.04 Å². The summed E-state index contributed by atoms with van der Waals surface area (Å²) in [7, 11) is 3.75. The Morgan fingerprint density at radius 2 is 1.87 bits per heavy atom. The van der Waals surface area contributed by atoms with Crippen LogP contribution in [-0.2, 0) is 14.3 Å². The van der Waals surface area contributed by atoms with E-state index in [1.165, 1.54) is 23.7 Å². The maximum atomic E-state index is 12.7. The molecule has 2 aliphatic rings. The number of thioether (sulfide) groups is 1. The molecule has 1 fully saturated rings. The lowest BCUT2D eigenvalue weighted by Crippen LogP contribution is -2.53. The van der Waals surface area contributed by atoms with Crippen LogP contribution in [0.15, 0.2) is 5.10 Å². The van der Waals surface area contributed by atoms with Gasteiger partial charge in [0.15, 0.2) is 5.17 Å². The van der Waals surface area contributed by atoms with Gasteiger partial charge in [-0.15, -0.1) is 5.10 Å². The first-order chi connectivity index (χ1) is 13.9. The Labute approximate surface area is 183 Å². The number of hydrogen-bond donors (Lipinski definition) is 1. The van der Waals surface area contributed by atoms with Gasteiger partial charge in [-0.25, -0.2) is 9.80 Å². The number of ether oxygens (including phenoxy) is 1. The van der Waals surface area contributed by atoms with Gasteiger partial charge in [-0.3, -0.25) is 14.5 Å². The first-order valence-electron chi connectivity index (χ1n) is 10.4. The van der Waals surface area contributed by atoms with E-state index in [4.69, 9.17) is 4.74 Å². The fourth-order valence-electron chi connectivity index (χ4n) is 3.60. The average molecular weight is 442 g/mol. The fourth-order valence-corrected chi connectivity index (χ4v) is 4.87. The molecule has 1 atom stereocenters. The van der Waals surface area contributed by atoms with E-state index < -0.39 is 10.5 Å². The van der Waals surface area contributed by atoms with Gasteiger partial charge in [0, 0.05) is 32.9 Å². The molecular formula is C20H35N5O4S. The van der Waals surface area contributed by atoms with Crippen molar-refractivity contribution >= 4 is 34.8 Å². The third-order valence-electron chi connectivity index (χ3n) is 5.08. The van der Waals surface area contributed by atoms with Crippen molar-refractivity contribution in [2.24, 2.45) is 5.10 Å². The van der Waals surface area contributed by atoms with E-state index >= 15 is 0 Å². The van der Waals surface area contributed by atoms with Gasteiger partial charge in [0.25, 0.3) is 0 Å². The Hall–Kier alpha value is -1.81. The number of carbonyl (C=O) groups is 3. The van der Waals surface area contributed by atoms with Crippen LogP contribution in [0.4, 0.5) is 4.79 Å². The highest BCUT2D eigenvalue weighted by Crippen LogP contribution is 2.44. The van der Waals surface area contributed by atoms with Crippen LogP contribution < -0.4 is 5.32 Å². The second-order valence-corrected chi connectivity index (χ2v) is 10.4. The molecule has 170 valence electrons. The van der Waals surface area contributed by atoms with Crippen LogP contribution >= 0.6 is 11.8 Å². The Balaban J connectivity index is 2.06. The number of hydrogen-bond acceptors (Lipinski definition) is 7. The monoisotopic (exact) mass is 441 g/mol. The predicted molar refractivity (Wildman–Crippen MR) is 118 cm³/mol. The van der Waals surface area contributed by atoms with Gasteiger partial charge < -0.3 is 15.0 Å². The minimum atomic E-state index is -0.592. The lowest BCUT2D eigenvalue weighted by Gasteiger charge is -2.41. The molecule has 9 nitrogen and oxygen atoms in total. The summed E-state index contributed by atoms with van der Waals surface area (Å²) in [4.78, 5) is 40.3. The average Bonchev–Trinajstić information content (AvgIpc) is 2.96. The summed E-state index contributed by atoms with van der Waals surface area (Å²) >= 11 is 1.40. The summed E-state index contributed by atoms with van der Waals surface area (Å²) in [5.74, 6) is -0.310. The maximum Gasteiger partial charge on any atom is 0.410 e. The van der Waals surface area contributed by atoms with Crippen LogP contribution in [0.3, 0.4) is 0 Å². The van der Waals surface area contributed by atoms with Gasteiger partial charge in [-0.05, 0) is 41.3 Å². The van der Waals surface area contributed by atoms with Gasteiger partial charge in [0.2, 0.25) is 11.8 Å². The molecule has 10 heteroatoms. The molecule has 0 aromatic heterocycles. The van der Waals surface area contributed by atoms with Crippen molar-refractivity contribution < 1.29 is 19.1 Å². The molecule has 1 N–H and O–H groups in total. The van der Waals surface area contributed by atoms with E-state index in [1.807, 2.05) is 46.7 Å². The van der Waals surface area contributed by atoms with Gasteiger partial charge in [0.1, 0.15) is 10.5 Å². The zero-order chi connectivity index (χ0) is 22.7. The lowest BCUT2D eigenvalue weighted by atomic mass is 10.0. The molecule has 1 saturated heterocycles. The molecule has 1 spiro atoms. The third kappa shape index (κ3) is 5.87. The Bertz CT molecular complexity index is 696. The number of amidine groups is 1. The Kier molecular flexibility index (Phi) is 7.79. The number of nitrogens with zero attached hydrogens (tertiary/aromatic N) is 4. The molecule has 0 aromatic carbocycles. The first kappa shape index (κ1) is 24.5. The quantitative estimate of drug-likeness (QED) is 0.720. The van der Waals surface area contributed by atoms with Crippen molar-refractivity contribution in [2.75, 3.05) is 27.2 Å². The number of piperidine rings is 1. The van der Waals surface area contributed by atoms with Crippen molar-refractivity contribution in [3.8, 4) is 0 Å². The summed E-state index contributed by atoms with van der Waals surface area (Å²) in [5, 5.41) is 9.21. The van der Waals surface area contributed by atoms with Crippen molar-refractivity contribution in [1.29, 1.82) is 0 Å². The van der Waals surface area contributed by atoms with E-state index in [2.05, 4.69) is 10.4 Å². The molecule has 0 aromatic rings. The summed E-state index contributed by atoms with van der Waals surface area (Å²) < 4.78 is 5.46. The number of nitrogens with one attached hydrogen (secondary N) is 1. The van der Waals surface area contributed by atoms with Crippen LogP contribution in [0.2, 0.25) is 0 Å². The van der Waals surface area contributed by atoms with E-state index in [0.29, 0.717) is 31.1 Å². The van der Waals surface area contributed by atoms with Crippen molar-refractivity contribution in [3.63, 3.8) is 0 Å². The Morgan fingerprint density at radius 3 is 2.33 bits per heavy atom. The minimum Gasteiger partial charge on any atom is -0.444 e. The molecule has 0 saturated carbocycles. The van der Waals surface area contributed by atoms with E-state index in [0.717, 1.165) is 12.8 Å².